The van der Waals surface area contributed by atoms with Crippen molar-refractivity contribution < 1.29 is 4.74 Å². The van der Waals surface area contributed by atoms with E-state index in [1.54, 1.807) is 18.4 Å². The lowest BCUT2D eigenvalue weighted by Gasteiger charge is -2.34. The predicted octanol–water partition coefficient (Wildman–Crippen LogP) is 2.47. The molecular weight excluding hydrogens is 234 g/mol. The largest absolute Gasteiger partial charge is 0.399 e. The van der Waals surface area contributed by atoms with Crippen molar-refractivity contribution in [2.75, 3.05) is 18.2 Å². The third kappa shape index (κ3) is 2.08. The Morgan fingerprint density at radius 2 is 2.29 bits per heavy atom. The molecule has 0 radical (unpaired) electrons. The fourth-order valence-corrected chi connectivity index (χ4v) is 3.04. The molecule has 1 aromatic heterocycles. The van der Waals surface area contributed by atoms with Crippen molar-refractivity contribution in [3.8, 4) is 0 Å². The van der Waals surface area contributed by atoms with Crippen LogP contribution in [0.3, 0.4) is 0 Å². The standard InChI is InChI=1S/C12H15N3OS/c1-16-9-5-8(6-9)14-12-15-10-3-2-7(13)4-11(10)17-12/h2-4,8-9H,5-6,13H2,1H3,(H,14,15). The second-order valence-corrected chi connectivity index (χ2v) is 5.45. The molecule has 1 aliphatic carbocycles. The molecule has 1 heterocycles. The van der Waals surface area contributed by atoms with Gasteiger partial charge < -0.3 is 15.8 Å². The Morgan fingerprint density at radius 1 is 1.47 bits per heavy atom. The number of thiazole rings is 1. The van der Waals surface area contributed by atoms with Gasteiger partial charge in [-0.25, -0.2) is 4.98 Å². The van der Waals surface area contributed by atoms with Crippen LogP contribution in [-0.4, -0.2) is 24.2 Å². The number of ether oxygens (including phenoxy) is 1. The Hall–Kier alpha value is -1.33. The number of anilines is 2. The monoisotopic (exact) mass is 249 g/mol. The minimum Gasteiger partial charge on any atom is -0.399 e. The van der Waals surface area contributed by atoms with Crippen LogP contribution in [0.2, 0.25) is 0 Å². The fourth-order valence-electron chi connectivity index (χ4n) is 2.05. The SMILES string of the molecule is COC1CC(Nc2nc3ccc(N)cc3s2)C1. The second-order valence-electron chi connectivity index (χ2n) is 4.42. The summed E-state index contributed by atoms with van der Waals surface area (Å²) in [5, 5.41) is 4.42. The van der Waals surface area contributed by atoms with Crippen LogP contribution in [0.4, 0.5) is 10.8 Å². The molecule has 90 valence electrons. The highest BCUT2D eigenvalue weighted by Gasteiger charge is 2.29. The zero-order valence-corrected chi connectivity index (χ0v) is 10.5. The number of fused-ring (bicyclic) bond motifs is 1. The quantitative estimate of drug-likeness (QED) is 0.820. The van der Waals surface area contributed by atoms with Crippen molar-refractivity contribution in [3.05, 3.63) is 18.2 Å². The van der Waals surface area contributed by atoms with Crippen LogP contribution in [0.15, 0.2) is 18.2 Å². The van der Waals surface area contributed by atoms with E-state index < -0.39 is 0 Å². The molecule has 4 nitrogen and oxygen atoms in total. The van der Waals surface area contributed by atoms with Crippen molar-refractivity contribution in [2.45, 2.75) is 25.0 Å². The molecule has 1 aromatic carbocycles. The predicted molar refractivity (Wildman–Crippen MR) is 71.5 cm³/mol. The number of nitrogens with one attached hydrogen (secondary N) is 1. The van der Waals surface area contributed by atoms with E-state index >= 15 is 0 Å². The molecule has 1 saturated carbocycles. The summed E-state index contributed by atoms with van der Waals surface area (Å²) in [4.78, 5) is 4.54. The van der Waals surface area contributed by atoms with Gasteiger partial charge >= 0.3 is 0 Å². The highest BCUT2D eigenvalue weighted by molar-refractivity contribution is 7.22. The Bertz CT molecular complexity index is 534. The van der Waals surface area contributed by atoms with Crippen molar-refractivity contribution in [2.24, 2.45) is 0 Å². The Balaban J connectivity index is 1.73. The van der Waals surface area contributed by atoms with Crippen LogP contribution in [0.25, 0.3) is 10.2 Å². The van der Waals surface area contributed by atoms with E-state index in [9.17, 15) is 0 Å². The number of methoxy groups -OCH3 is 1. The summed E-state index contributed by atoms with van der Waals surface area (Å²) in [6.07, 6.45) is 2.54. The Kier molecular flexibility index (Phi) is 2.64. The zero-order chi connectivity index (χ0) is 11.8. The van der Waals surface area contributed by atoms with E-state index in [1.807, 2.05) is 18.2 Å². The number of nitrogens with zero attached hydrogens (tertiary/aromatic N) is 1. The number of nitrogens with two attached hydrogens (primary N) is 1. The maximum atomic E-state index is 5.75. The van der Waals surface area contributed by atoms with Crippen LogP contribution in [0.1, 0.15) is 12.8 Å². The van der Waals surface area contributed by atoms with Gasteiger partial charge in [-0.05, 0) is 31.0 Å². The molecule has 0 amide bonds. The number of rotatable bonds is 3. The first-order chi connectivity index (χ1) is 8.24. The van der Waals surface area contributed by atoms with E-state index in [0.717, 1.165) is 33.9 Å². The van der Waals surface area contributed by atoms with Gasteiger partial charge in [0.25, 0.3) is 0 Å². The molecule has 0 bridgehead atoms. The van der Waals surface area contributed by atoms with Crippen molar-refractivity contribution in [3.63, 3.8) is 0 Å². The van der Waals surface area contributed by atoms with Gasteiger partial charge in [-0.15, -0.1) is 0 Å². The van der Waals surface area contributed by atoms with E-state index in [2.05, 4.69) is 10.3 Å². The lowest BCUT2D eigenvalue weighted by molar-refractivity contribution is 0.0329. The molecular formula is C12H15N3OS. The summed E-state index contributed by atoms with van der Waals surface area (Å²) < 4.78 is 6.39. The van der Waals surface area contributed by atoms with Crippen LogP contribution in [0, 0.1) is 0 Å². The van der Waals surface area contributed by atoms with Gasteiger partial charge in [0.1, 0.15) is 0 Å². The van der Waals surface area contributed by atoms with Gasteiger partial charge in [0.15, 0.2) is 5.13 Å². The van der Waals surface area contributed by atoms with Gasteiger partial charge in [-0.2, -0.15) is 0 Å². The first-order valence-electron chi connectivity index (χ1n) is 5.70. The van der Waals surface area contributed by atoms with E-state index in [1.165, 1.54) is 0 Å². The highest BCUT2D eigenvalue weighted by atomic mass is 32.1. The van der Waals surface area contributed by atoms with Crippen LogP contribution >= 0.6 is 11.3 Å². The summed E-state index contributed by atoms with van der Waals surface area (Å²) in [5.41, 5.74) is 7.55. The average molecular weight is 249 g/mol. The summed E-state index contributed by atoms with van der Waals surface area (Å²) >= 11 is 1.65. The second kappa shape index (κ2) is 4.16. The fraction of sp³-hybridized carbons (Fsp3) is 0.417. The number of hydrogen-bond acceptors (Lipinski definition) is 5. The number of benzene rings is 1. The summed E-state index contributed by atoms with van der Waals surface area (Å²) in [5.74, 6) is 0. The molecule has 0 saturated heterocycles. The average Bonchev–Trinajstić information content (AvgIpc) is 2.64. The zero-order valence-electron chi connectivity index (χ0n) is 9.64. The first-order valence-corrected chi connectivity index (χ1v) is 6.51. The minimum absolute atomic E-state index is 0.414. The van der Waals surface area contributed by atoms with Gasteiger partial charge in [0.05, 0.1) is 16.3 Å². The molecule has 5 heteroatoms. The van der Waals surface area contributed by atoms with Gasteiger partial charge in [-0.3, -0.25) is 0 Å². The molecule has 0 spiro atoms. The molecule has 3 rings (SSSR count). The molecule has 0 unspecified atom stereocenters. The Labute approximate surface area is 104 Å². The number of nitrogen functional groups attached to an aromatic ring is 1. The Morgan fingerprint density at radius 3 is 3.06 bits per heavy atom. The summed E-state index contributed by atoms with van der Waals surface area (Å²) in [6, 6.07) is 6.32. The van der Waals surface area contributed by atoms with Crippen LogP contribution in [0.5, 0.6) is 0 Å². The smallest absolute Gasteiger partial charge is 0.184 e. The molecule has 3 N–H and O–H groups in total. The maximum absolute atomic E-state index is 5.75. The highest BCUT2D eigenvalue weighted by Crippen LogP contribution is 2.31. The van der Waals surface area contributed by atoms with Gasteiger partial charge in [0, 0.05) is 18.8 Å². The number of hydrogen-bond donors (Lipinski definition) is 2. The summed E-state index contributed by atoms with van der Waals surface area (Å²) in [7, 11) is 1.77. The lowest BCUT2D eigenvalue weighted by atomic mass is 9.89. The lowest BCUT2D eigenvalue weighted by Crippen LogP contribution is -2.40. The molecule has 2 aromatic rings. The van der Waals surface area contributed by atoms with Crippen molar-refractivity contribution in [1.29, 1.82) is 0 Å². The third-order valence-electron chi connectivity index (χ3n) is 3.17. The van der Waals surface area contributed by atoms with Crippen molar-refractivity contribution >= 4 is 32.4 Å². The van der Waals surface area contributed by atoms with Crippen LogP contribution in [-0.2, 0) is 4.74 Å². The van der Waals surface area contributed by atoms with E-state index in [-0.39, 0.29) is 0 Å². The van der Waals surface area contributed by atoms with Gasteiger partial charge in [-0.1, -0.05) is 11.3 Å². The molecule has 1 aliphatic rings. The normalized spacial score (nSPS) is 23.6. The third-order valence-corrected chi connectivity index (χ3v) is 4.12. The number of aromatic nitrogens is 1. The minimum atomic E-state index is 0.414. The van der Waals surface area contributed by atoms with E-state index in [4.69, 9.17) is 10.5 Å². The van der Waals surface area contributed by atoms with Crippen LogP contribution < -0.4 is 11.1 Å². The van der Waals surface area contributed by atoms with E-state index in [0.29, 0.717) is 12.1 Å². The molecule has 0 aliphatic heterocycles. The van der Waals surface area contributed by atoms with Crippen molar-refractivity contribution in [1.82, 2.24) is 4.98 Å². The topological polar surface area (TPSA) is 60.2 Å². The molecule has 0 atom stereocenters. The molecule has 1 fully saturated rings. The van der Waals surface area contributed by atoms with Gasteiger partial charge in [0.2, 0.25) is 0 Å². The summed E-state index contributed by atoms with van der Waals surface area (Å²) in [6.45, 7) is 0. The first kappa shape index (κ1) is 10.8. The molecule has 17 heavy (non-hydrogen) atoms. The maximum Gasteiger partial charge on any atom is 0.184 e.